The second-order valence-electron chi connectivity index (χ2n) is 6.88. The van der Waals surface area contributed by atoms with Crippen LogP contribution in [-0.2, 0) is 14.3 Å². The first-order valence-electron chi connectivity index (χ1n) is 9.05. The lowest BCUT2D eigenvalue weighted by molar-refractivity contribution is -0.132. The lowest BCUT2D eigenvalue weighted by Gasteiger charge is -2.19. The van der Waals surface area contributed by atoms with Crippen molar-refractivity contribution >= 4 is 17.9 Å². The molecule has 0 fully saturated rings. The molecule has 28 heavy (non-hydrogen) atoms. The van der Waals surface area contributed by atoms with Gasteiger partial charge in [0.15, 0.2) is 6.10 Å². The van der Waals surface area contributed by atoms with E-state index in [9.17, 15) is 14.4 Å². The summed E-state index contributed by atoms with van der Waals surface area (Å²) >= 11 is 0. The Labute approximate surface area is 165 Å². The lowest BCUT2D eigenvalue weighted by Crippen LogP contribution is -2.47. The zero-order chi connectivity index (χ0) is 21.2. The van der Waals surface area contributed by atoms with Crippen molar-refractivity contribution in [1.29, 1.82) is 0 Å². The van der Waals surface area contributed by atoms with Crippen LogP contribution in [0.25, 0.3) is 0 Å². The minimum absolute atomic E-state index is 0.0202. The Morgan fingerprint density at radius 3 is 2.21 bits per heavy atom. The molecule has 0 aliphatic carbocycles. The Hall–Kier alpha value is -2.97. The maximum absolute atomic E-state index is 12.0. The molecule has 0 saturated carbocycles. The smallest absolute Gasteiger partial charge is 0.407 e. The van der Waals surface area contributed by atoms with Crippen LogP contribution in [0.1, 0.15) is 41.0 Å². The molecule has 0 unspecified atom stereocenters. The first-order chi connectivity index (χ1) is 13.1. The van der Waals surface area contributed by atoms with E-state index < -0.39 is 29.6 Å². The van der Waals surface area contributed by atoms with Gasteiger partial charge in [-0.25, -0.2) is 4.79 Å². The number of rotatable bonds is 8. The monoisotopic (exact) mass is 395 g/mol. The third-order valence-electron chi connectivity index (χ3n) is 3.16. The van der Waals surface area contributed by atoms with Gasteiger partial charge in [-0.3, -0.25) is 20.4 Å². The number of hydrogen-bond donors (Lipinski definition) is 3. The Bertz CT molecular complexity index is 655. The third kappa shape index (κ3) is 9.65. The van der Waals surface area contributed by atoms with Crippen molar-refractivity contribution in [2.75, 3.05) is 13.2 Å². The van der Waals surface area contributed by atoms with Crippen LogP contribution in [-0.4, -0.2) is 42.8 Å². The summed E-state index contributed by atoms with van der Waals surface area (Å²) in [5.74, 6) is 0.234. The van der Waals surface area contributed by atoms with E-state index in [2.05, 4.69) is 16.2 Å². The topological polar surface area (TPSA) is 115 Å². The van der Waals surface area contributed by atoms with Crippen LogP contribution in [0.3, 0.4) is 0 Å². The standard InChI is InChI=1S/C19H29N3O6/c1-6-26-14-7-9-15(10-8-14)27-13(2)17(24)22-21-16(23)11-12-20-18(25)28-19(3,4)5/h7-10,13H,6,11-12H2,1-5H3,(H,20,25)(H,21,23)(H,22,24)/t13-/m0/s1. The molecule has 0 saturated heterocycles. The van der Waals surface area contributed by atoms with Crippen molar-refractivity contribution in [1.82, 2.24) is 16.2 Å². The molecule has 0 spiro atoms. The molecule has 9 nitrogen and oxygen atoms in total. The van der Waals surface area contributed by atoms with Crippen LogP contribution in [0.2, 0.25) is 0 Å². The van der Waals surface area contributed by atoms with Crippen molar-refractivity contribution < 1.29 is 28.6 Å². The predicted octanol–water partition coefficient (Wildman–Crippen LogP) is 1.91. The van der Waals surface area contributed by atoms with Gasteiger partial charge < -0.3 is 19.5 Å². The Morgan fingerprint density at radius 2 is 1.64 bits per heavy atom. The number of nitrogens with one attached hydrogen (secondary N) is 3. The average molecular weight is 395 g/mol. The van der Waals surface area contributed by atoms with Crippen LogP contribution in [0.15, 0.2) is 24.3 Å². The van der Waals surface area contributed by atoms with Gasteiger partial charge in [0.1, 0.15) is 17.1 Å². The Balaban J connectivity index is 2.28. The van der Waals surface area contributed by atoms with Crippen LogP contribution in [0, 0.1) is 0 Å². The lowest BCUT2D eigenvalue weighted by atomic mass is 10.2. The van der Waals surface area contributed by atoms with Crippen LogP contribution >= 0.6 is 0 Å². The number of hydrazine groups is 1. The van der Waals surface area contributed by atoms with Gasteiger partial charge in [0.05, 0.1) is 6.61 Å². The molecule has 0 radical (unpaired) electrons. The van der Waals surface area contributed by atoms with Crippen LogP contribution in [0.4, 0.5) is 4.79 Å². The van der Waals surface area contributed by atoms with Gasteiger partial charge in [-0.15, -0.1) is 0 Å². The predicted molar refractivity (Wildman–Crippen MR) is 103 cm³/mol. The molecule has 0 aliphatic rings. The quantitative estimate of drug-likeness (QED) is 0.579. The molecule has 0 aliphatic heterocycles. The highest BCUT2D eigenvalue weighted by molar-refractivity contribution is 5.84. The number of amides is 3. The van der Waals surface area contributed by atoms with Gasteiger partial charge >= 0.3 is 6.09 Å². The van der Waals surface area contributed by atoms with Crippen molar-refractivity contribution in [3.05, 3.63) is 24.3 Å². The molecule has 9 heteroatoms. The summed E-state index contributed by atoms with van der Waals surface area (Å²) in [4.78, 5) is 35.2. The van der Waals surface area contributed by atoms with Gasteiger partial charge in [-0.1, -0.05) is 0 Å². The second kappa shape index (κ2) is 11.0. The molecule has 1 aromatic carbocycles. The highest BCUT2D eigenvalue weighted by Gasteiger charge is 2.17. The van der Waals surface area contributed by atoms with E-state index in [1.165, 1.54) is 0 Å². The molecule has 1 atom stereocenters. The fraction of sp³-hybridized carbons (Fsp3) is 0.526. The minimum Gasteiger partial charge on any atom is -0.494 e. The molecule has 0 aromatic heterocycles. The fourth-order valence-electron chi connectivity index (χ4n) is 1.93. The van der Waals surface area contributed by atoms with Gasteiger partial charge in [-0.2, -0.15) is 0 Å². The van der Waals surface area contributed by atoms with E-state index >= 15 is 0 Å². The summed E-state index contributed by atoms with van der Waals surface area (Å²) in [6.07, 6.45) is -1.45. The molecular formula is C19H29N3O6. The number of ether oxygens (including phenoxy) is 3. The van der Waals surface area contributed by atoms with E-state index in [4.69, 9.17) is 14.2 Å². The van der Waals surface area contributed by atoms with Crippen molar-refractivity contribution in [3.63, 3.8) is 0 Å². The summed E-state index contributed by atoms with van der Waals surface area (Å²) in [6, 6.07) is 6.86. The zero-order valence-electron chi connectivity index (χ0n) is 17.0. The SMILES string of the molecule is CCOc1ccc(O[C@@H](C)C(=O)NNC(=O)CCNC(=O)OC(C)(C)C)cc1. The van der Waals surface area contributed by atoms with Crippen molar-refractivity contribution in [2.45, 2.75) is 52.7 Å². The van der Waals surface area contributed by atoms with E-state index in [0.717, 1.165) is 0 Å². The number of carbonyl (C=O) groups is 3. The van der Waals surface area contributed by atoms with E-state index in [-0.39, 0.29) is 13.0 Å². The molecule has 1 aromatic rings. The molecule has 0 heterocycles. The highest BCUT2D eigenvalue weighted by atomic mass is 16.6. The van der Waals surface area contributed by atoms with Crippen LogP contribution < -0.4 is 25.6 Å². The molecule has 0 bridgehead atoms. The Morgan fingerprint density at radius 1 is 1.04 bits per heavy atom. The van der Waals surface area contributed by atoms with E-state index in [1.807, 2.05) is 6.92 Å². The van der Waals surface area contributed by atoms with Gasteiger partial charge in [-0.05, 0) is 58.9 Å². The number of hydrogen-bond acceptors (Lipinski definition) is 6. The third-order valence-corrected chi connectivity index (χ3v) is 3.16. The van der Waals surface area contributed by atoms with Crippen molar-refractivity contribution in [2.24, 2.45) is 0 Å². The maximum atomic E-state index is 12.0. The first kappa shape index (κ1) is 23.1. The van der Waals surface area contributed by atoms with E-state index in [0.29, 0.717) is 18.1 Å². The summed E-state index contributed by atoms with van der Waals surface area (Å²) in [5, 5.41) is 2.46. The van der Waals surface area contributed by atoms with Gasteiger partial charge in [0.25, 0.3) is 5.91 Å². The minimum atomic E-state index is -0.821. The largest absolute Gasteiger partial charge is 0.494 e. The summed E-state index contributed by atoms with van der Waals surface area (Å²) < 4.78 is 15.9. The first-order valence-corrected chi connectivity index (χ1v) is 9.05. The Kier molecular flexibility index (Phi) is 9.07. The number of alkyl carbamates (subject to hydrolysis) is 1. The molecule has 156 valence electrons. The normalized spacial score (nSPS) is 11.8. The second-order valence-corrected chi connectivity index (χ2v) is 6.88. The number of carbonyl (C=O) groups excluding carboxylic acids is 3. The molecule has 3 amide bonds. The maximum Gasteiger partial charge on any atom is 0.407 e. The van der Waals surface area contributed by atoms with Crippen molar-refractivity contribution in [3.8, 4) is 11.5 Å². The molecule has 3 N–H and O–H groups in total. The molecule has 1 rings (SSSR count). The number of benzene rings is 1. The molecular weight excluding hydrogens is 366 g/mol. The van der Waals surface area contributed by atoms with E-state index in [1.54, 1.807) is 52.0 Å². The van der Waals surface area contributed by atoms with Gasteiger partial charge in [0.2, 0.25) is 5.91 Å². The average Bonchev–Trinajstić information content (AvgIpc) is 2.60. The zero-order valence-corrected chi connectivity index (χ0v) is 17.0. The highest BCUT2D eigenvalue weighted by Crippen LogP contribution is 2.18. The summed E-state index contributed by atoms with van der Waals surface area (Å²) in [6.45, 7) is 9.31. The summed E-state index contributed by atoms with van der Waals surface area (Å²) in [7, 11) is 0. The fourth-order valence-corrected chi connectivity index (χ4v) is 1.93. The summed E-state index contributed by atoms with van der Waals surface area (Å²) in [5.41, 5.74) is 3.93. The van der Waals surface area contributed by atoms with Gasteiger partial charge in [0, 0.05) is 13.0 Å². The van der Waals surface area contributed by atoms with Crippen LogP contribution in [0.5, 0.6) is 11.5 Å².